The minimum absolute atomic E-state index is 0.121. The van der Waals surface area contributed by atoms with Gasteiger partial charge in [-0.05, 0) is 50.8 Å². The van der Waals surface area contributed by atoms with Crippen LogP contribution in [-0.4, -0.2) is 58.0 Å². The van der Waals surface area contributed by atoms with Crippen molar-refractivity contribution in [3.05, 3.63) is 29.8 Å². The summed E-state index contributed by atoms with van der Waals surface area (Å²) in [5.74, 6) is -0.227. The van der Waals surface area contributed by atoms with Gasteiger partial charge in [0.15, 0.2) is 0 Å². The van der Waals surface area contributed by atoms with Crippen molar-refractivity contribution in [3.8, 4) is 0 Å². The molecule has 2 rings (SSSR count). The second-order valence-corrected chi connectivity index (χ2v) is 9.33. The molecule has 9 heteroatoms. The fourth-order valence-corrected chi connectivity index (χ4v) is 4.40. The molecule has 1 aromatic carbocycles. The molecule has 162 valence electrons. The average molecular weight is 425 g/mol. The van der Waals surface area contributed by atoms with Gasteiger partial charge >= 0.3 is 6.03 Å². The lowest BCUT2D eigenvalue weighted by atomic mass is 9.98. The Kier molecular flexibility index (Phi) is 9.06. The minimum atomic E-state index is -3.54. The van der Waals surface area contributed by atoms with Crippen molar-refractivity contribution in [1.82, 2.24) is 20.3 Å². The number of likely N-dealkylation sites (tertiary alicyclic amines) is 1. The van der Waals surface area contributed by atoms with Gasteiger partial charge < -0.3 is 5.32 Å². The summed E-state index contributed by atoms with van der Waals surface area (Å²) in [6, 6.07) is 6.27. The van der Waals surface area contributed by atoms with Crippen molar-refractivity contribution >= 4 is 22.0 Å². The third kappa shape index (κ3) is 8.12. The van der Waals surface area contributed by atoms with Crippen LogP contribution in [-0.2, 0) is 14.8 Å². The number of carbonyl (C=O) groups is 2. The van der Waals surface area contributed by atoms with Crippen molar-refractivity contribution in [1.29, 1.82) is 0 Å². The van der Waals surface area contributed by atoms with Crippen LogP contribution in [0.25, 0.3) is 0 Å². The summed E-state index contributed by atoms with van der Waals surface area (Å²) >= 11 is 0. The van der Waals surface area contributed by atoms with Gasteiger partial charge in [-0.3, -0.25) is 15.0 Å². The van der Waals surface area contributed by atoms with Crippen LogP contribution in [0.5, 0.6) is 0 Å². The molecule has 1 unspecified atom stereocenters. The highest BCUT2D eigenvalue weighted by Gasteiger charge is 2.24. The number of imide groups is 1. The maximum absolute atomic E-state index is 12.4. The van der Waals surface area contributed by atoms with Crippen molar-refractivity contribution in [2.75, 3.05) is 32.7 Å². The molecule has 3 N–H and O–H groups in total. The van der Waals surface area contributed by atoms with E-state index < -0.39 is 16.1 Å². The van der Waals surface area contributed by atoms with E-state index in [2.05, 4.69) is 15.4 Å². The molecule has 0 aromatic heterocycles. The molecule has 1 aromatic rings. The van der Waals surface area contributed by atoms with Gasteiger partial charge in [0.05, 0.1) is 11.4 Å². The average Bonchev–Trinajstić information content (AvgIpc) is 2.67. The van der Waals surface area contributed by atoms with Gasteiger partial charge in [-0.25, -0.2) is 17.9 Å². The molecule has 29 heavy (non-hydrogen) atoms. The normalized spacial score (nSPS) is 17.7. The maximum atomic E-state index is 12.4. The van der Waals surface area contributed by atoms with Crippen LogP contribution in [0.15, 0.2) is 29.2 Å². The third-order valence-electron chi connectivity index (χ3n) is 4.93. The largest absolute Gasteiger partial charge is 0.338 e. The Morgan fingerprint density at radius 2 is 1.93 bits per heavy atom. The van der Waals surface area contributed by atoms with Gasteiger partial charge in [0.2, 0.25) is 15.9 Å². The number of rotatable bonds is 9. The van der Waals surface area contributed by atoms with Crippen LogP contribution in [0.3, 0.4) is 0 Å². The quantitative estimate of drug-likeness (QED) is 0.522. The standard InChI is InChI=1S/C20H32N4O4S/c1-3-4-11-21-20(26)23-19(25)15-24-12-5-6-17(14-24)13-22-29(27,28)18-9-7-16(2)8-10-18/h7-10,17,22H,3-6,11-15H2,1-2H3,(H2,21,23,25,26). The molecule has 1 saturated heterocycles. The number of sulfonamides is 1. The fourth-order valence-electron chi connectivity index (χ4n) is 3.28. The molecule has 0 radical (unpaired) electrons. The number of benzene rings is 1. The molecule has 3 amide bonds. The van der Waals surface area contributed by atoms with Crippen LogP contribution in [0.2, 0.25) is 0 Å². The number of amides is 3. The molecule has 1 aliphatic rings. The van der Waals surface area contributed by atoms with Gasteiger partial charge in [0.25, 0.3) is 0 Å². The van der Waals surface area contributed by atoms with Gasteiger partial charge in [-0.1, -0.05) is 31.0 Å². The molecule has 0 saturated carbocycles. The molecule has 1 heterocycles. The number of unbranched alkanes of at least 4 members (excludes halogenated alkanes) is 1. The Balaban J connectivity index is 1.77. The molecular formula is C20H32N4O4S. The van der Waals surface area contributed by atoms with Crippen LogP contribution in [0.4, 0.5) is 4.79 Å². The highest BCUT2D eigenvalue weighted by atomic mass is 32.2. The molecule has 8 nitrogen and oxygen atoms in total. The summed E-state index contributed by atoms with van der Waals surface area (Å²) < 4.78 is 27.6. The first-order chi connectivity index (χ1) is 13.8. The second-order valence-electron chi connectivity index (χ2n) is 7.57. The Morgan fingerprint density at radius 1 is 1.21 bits per heavy atom. The summed E-state index contributed by atoms with van der Waals surface area (Å²) in [5.41, 5.74) is 1.00. The topological polar surface area (TPSA) is 108 Å². The number of nitrogens with one attached hydrogen (secondary N) is 3. The highest BCUT2D eigenvalue weighted by Crippen LogP contribution is 2.17. The highest BCUT2D eigenvalue weighted by molar-refractivity contribution is 7.89. The smallest absolute Gasteiger partial charge is 0.321 e. The predicted octanol–water partition coefficient (Wildman–Crippen LogP) is 1.61. The van der Waals surface area contributed by atoms with E-state index in [4.69, 9.17) is 0 Å². The lowest BCUT2D eigenvalue weighted by molar-refractivity contribution is -0.121. The molecule has 1 atom stereocenters. The first-order valence-electron chi connectivity index (χ1n) is 10.2. The van der Waals surface area contributed by atoms with Crippen molar-refractivity contribution in [3.63, 3.8) is 0 Å². The van der Waals surface area contributed by atoms with Gasteiger partial charge in [-0.2, -0.15) is 0 Å². The second kappa shape index (κ2) is 11.3. The van der Waals surface area contributed by atoms with Crippen molar-refractivity contribution < 1.29 is 18.0 Å². The van der Waals surface area contributed by atoms with Gasteiger partial charge in [-0.15, -0.1) is 0 Å². The summed E-state index contributed by atoms with van der Waals surface area (Å²) in [4.78, 5) is 25.9. The third-order valence-corrected chi connectivity index (χ3v) is 6.37. The number of urea groups is 1. The van der Waals surface area contributed by atoms with Crippen LogP contribution < -0.4 is 15.4 Å². The molecule has 0 bridgehead atoms. The van der Waals surface area contributed by atoms with Crippen LogP contribution >= 0.6 is 0 Å². The summed E-state index contributed by atoms with van der Waals surface area (Å²) in [5, 5.41) is 4.99. The first-order valence-corrected chi connectivity index (χ1v) is 11.6. The SMILES string of the molecule is CCCCNC(=O)NC(=O)CN1CCCC(CNS(=O)(=O)c2ccc(C)cc2)C1. The fraction of sp³-hybridized carbons (Fsp3) is 0.600. The van der Waals surface area contributed by atoms with E-state index in [0.29, 0.717) is 19.6 Å². The number of carbonyl (C=O) groups excluding carboxylic acids is 2. The van der Waals surface area contributed by atoms with Gasteiger partial charge in [0.1, 0.15) is 0 Å². The summed E-state index contributed by atoms with van der Waals surface area (Å²) in [7, 11) is -3.54. The summed E-state index contributed by atoms with van der Waals surface area (Å²) in [6.07, 6.45) is 3.61. The van der Waals surface area contributed by atoms with E-state index >= 15 is 0 Å². The number of hydrogen-bond donors (Lipinski definition) is 3. The van der Waals surface area contributed by atoms with Crippen LogP contribution in [0, 0.1) is 12.8 Å². The molecule has 0 spiro atoms. The number of aryl methyl sites for hydroxylation is 1. The molecule has 1 fully saturated rings. The van der Waals surface area contributed by atoms with E-state index in [0.717, 1.165) is 37.8 Å². The Bertz CT molecular complexity index is 780. The number of hydrogen-bond acceptors (Lipinski definition) is 5. The van der Waals surface area contributed by atoms with E-state index in [1.807, 2.05) is 18.7 Å². The predicted molar refractivity (Wildman–Crippen MR) is 112 cm³/mol. The first kappa shape index (κ1) is 23.3. The lowest BCUT2D eigenvalue weighted by Gasteiger charge is -2.32. The Labute approximate surface area is 173 Å². The zero-order valence-corrected chi connectivity index (χ0v) is 18.1. The number of nitrogens with zero attached hydrogens (tertiary/aromatic N) is 1. The molecule has 1 aliphatic heterocycles. The van der Waals surface area contributed by atoms with Crippen LogP contribution in [0.1, 0.15) is 38.2 Å². The Morgan fingerprint density at radius 3 is 2.62 bits per heavy atom. The van der Waals surface area contributed by atoms with E-state index in [1.165, 1.54) is 0 Å². The zero-order valence-electron chi connectivity index (χ0n) is 17.2. The van der Waals surface area contributed by atoms with E-state index in [-0.39, 0.29) is 23.3 Å². The van der Waals surface area contributed by atoms with Gasteiger partial charge in [0, 0.05) is 19.6 Å². The maximum Gasteiger partial charge on any atom is 0.321 e. The monoisotopic (exact) mass is 424 g/mol. The minimum Gasteiger partial charge on any atom is -0.338 e. The molecule has 0 aliphatic carbocycles. The van der Waals surface area contributed by atoms with Crippen molar-refractivity contribution in [2.45, 2.75) is 44.4 Å². The molecular weight excluding hydrogens is 392 g/mol. The van der Waals surface area contributed by atoms with E-state index in [9.17, 15) is 18.0 Å². The van der Waals surface area contributed by atoms with Crippen molar-refractivity contribution in [2.24, 2.45) is 5.92 Å². The zero-order chi connectivity index (χ0) is 21.3. The number of piperidine rings is 1. The lowest BCUT2D eigenvalue weighted by Crippen LogP contribution is -2.48. The van der Waals surface area contributed by atoms with E-state index in [1.54, 1.807) is 24.3 Å². The Hall–Kier alpha value is -1.97. The summed E-state index contributed by atoms with van der Waals surface area (Å²) in [6.45, 7) is 6.30.